The van der Waals surface area contributed by atoms with E-state index >= 15 is 0 Å². The number of benzene rings is 2. The highest BCUT2D eigenvalue weighted by Crippen LogP contribution is 2.33. The Bertz CT molecular complexity index is 1010. The summed E-state index contributed by atoms with van der Waals surface area (Å²) >= 11 is 11.2. The predicted octanol–water partition coefficient (Wildman–Crippen LogP) is 5.71. The van der Waals surface area contributed by atoms with Gasteiger partial charge in [0.1, 0.15) is 5.75 Å². The largest absolute Gasteiger partial charge is 0.496 e. The lowest BCUT2D eigenvalue weighted by Crippen LogP contribution is -2.39. The zero-order valence-corrected chi connectivity index (χ0v) is 19.8. The second kappa shape index (κ2) is 9.89. The molecule has 3 rings (SSSR count). The van der Waals surface area contributed by atoms with Gasteiger partial charge in [0.25, 0.3) is 5.91 Å². The quantitative estimate of drug-likeness (QED) is 0.401. The van der Waals surface area contributed by atoms with Gasteiger partial charge in [0, 0.05) is 22.6 Å². The van der Waals surface area contributed by atoms with Gasteiger partial charge in [-0.1, -0.05) is 52.7 Å². The molecule has 0 aliphatic rings. The molecule has 29 heavy (non-hydrogen) atoms. The average molecular weight is 497 g/mol. The van der Waals surface area contributed by atoms with E-state index in [-0.39, 0.29) is 5.91 Å². The Hall–Kier alpha value is -1.67. The molecular formula is C21H23BrClN3O2S. The molecule has 3 aromatic rings. The van der Waals surface area contributed by atoms with Crippen molar-refractivity contribution in [2.45, 2.75) is 13.8 Å². The third-order valence-corrected chi connectivity index (χ3v) is 6.51. The van der Waals surface area contributed by atoms with Crippen LogP contribution in [0, 0.1) is 0 Å². The number of carbonyl (C=O) groups is 1. The summed E-state index contributed by atoms with van der Waals surface area (Å²) in [5, 5.41) is 1.16. The summed E-state index contributed by atoms with van der Waals surface area (Å²) in [6, 6.07) is 11.0. The van der Waals surface area contributed by atoms with Gasteiger partial charge in [-0.2, -0.15) is 0 Å². The number of anilines is 1. The normalized spacial score (nSPS) is 11.2. The fraction of sp³-hybridized carbons (Fsp3) is 0.333. The molecule has 0 aliphatic heterocycles. The van der Waals surface area contributed by atoms with Crippen molar-refractivity contribution in [3.05, 3.63) is 51.5 Å². The van der Waals surface area contributed by atoms with Crippen LogP contribution in [0.3, 0.4) is 0 Å². The fourth-order valence-corrected chi connectivity index (χ4v) is 4.77. The number of ether oxygens (including phenoxy) is 1. The lowest BCUT2D eigenvalue weighted by Gasteiger charge is -2.25. The van der Waals surface area contributed by atoms with Crippen molar-refractivity contribution in [3.63, 3.8) is 0 Å². The zero-order chi connectivity index (χ0) is 21.0. The van der Waals surface area contributed by atoms with Crippen LogP contribution in [0.5, 0.6) is 5.75 Å². The van der Waals surface area contributed by atoms with E-state index in [9.17, 15) is 4.79 Å². The van der Waals surface area contributed by atoms with Crippen molar-refractivity contribution in [2.24, 2.45) is 0 Å². The van der Waals surface area contributed by atoms with Gasteiger partial charge in [-0.05, 0) is 49.5 Å². The minimum atomic E-state index is -0.172. The van der Waals surface area contributed by atoms with Crippen LogP contribution in [0.1, 0.15) is 24.2 Å². The first-order valence-corrected chi connectivity index (χ1v) is 11.4. The number of fused-ring (bicyclic) bond motifs is 1. The van der Waals surface area contributed by atoms with E-state index in [0.717, 1.165) is 34.3 Å². The standard InChI is InChI=1S/C21H23BrClN3O2S/c1-4-25(5-2)10-11-26(20(27)16-13-15(23)7-9-18(16)28-3)21-24-17-8-6-14(22)12-19(17)29-21/h6-9,12-13H,4-5,10-11H2,1-3H3. The number of methoxy groups -OCH3 is 1. The lowest BCUT2D eigenvalue weighted by atomic mass is 10.1. The first-order valence-electron chi connectivity index (χ1n) is 9.40. The molecule has 0 saturated heterocycles. The summed E-state index contributed by atoms with van der Waals surface area (Å²) in [6.07, 6.45) is 0. The van der Waals surface area contributed by atoms with Crippen molar-refractivity contribution in [3.8, 4) is 5.75 Å². The van der Waals surface area contributed by atoms with Crippen LogP contribution in [-0.2, 0) is 0 Å². The van der Waals surface area contributed by atoms with Crippen molar-refractivity contribution in [1.82, 2.24) is 9.88 Å². The first kappa shape index (κ1) is 22.0. The molecule has 0 aliphatic carbocycles. The lowest BCUT2D eigenvalue weighted by molar-refractivity contribution is 0.0981. The summed E-state index contributed by atoms with van der Waals surface area (Å²) in [7, 11) is 1.55. The summed E-state index contributed by atoms with van der Waals surface area (Å²) in [5.74, 6) is 0.325. The SMILES string of the molecule is CCN(CC)CCN(C(=O)c1cc(Cl)ccc1OC)c1nc2ccc(Br)cc2s1. The number of likely N-dealkylation sites (N-methyl/N-ethyl adjacent to an activating group) is 1. The number of rotatable bonds is 8. The highest BCUT2D eigenvalue weighted by Gasteiger charge is 2.25. The van der Waals surface area contributed by atoms with Crippen molar-refractivity contribution < 1.29 is 9.53 Å². The third kappa shape index (κ3) is 5.09. The van der Waals surface area contributed by atoms with Gasteiger partial charge in [-0.15, -0.1) is 0 Å². The molecule has 5 nitrogen and oxygen atoms in total. The molecule has 2 aromatic carbocycles. The van der Waals surface area contributed by atoms with E-state index in [0.29, 0.717) is 28.0 Å². The Morgan fingerprint density at radius 3 is 2.62 bits per heavy atom. The number of halogens is 2. The molecule has 154 valence electrons. The maximum absolute atomic E-state index is 13.5. The highest BCUT2D eigenvalue weighted by molar-refractivity contribution is 9.10. The molecular weight excluding hydrogens is 474 g/mol. The zero-order valence-electron chi connectivity index (χ0n) is 16.6. The van der Waals surface area contributed by atoms with Gasteiger partial charge in [-0.25, -0.2) is 4.98 Å². The Kier molecular flexibility index (Phi) is 7.51. The van der Waals surface area contributed by atoms with Gasteiger partial charge >= 0.3 is 0 Å². The molecule has 1 aromatic heterocycles. The van der Waals surface area contributed by atoms with Crippen LogP contribution in [0.25, 0.3) is 10.2 Å². The van der Waals surface area contributed by atoms with E-state index in [2.05, 4.69) is 34.7 Å². The number of carbonyl (C=O) groups excluding carboxylic acids is 1. The van der Waals surface area contributed by atoms with Crippen LogP contribution >= 0.6 is 38.9 Å². The van der Waals surface area contributed by atoms with E-state index < -0.39 is 0 Å². The molecule has 0 unspecified atom stereocenters. The number of hydrogen-bond donors (Lipinski definition) is 0. The molecule has 1 amide bonds. The Balaban J connectivity index is 2.02. The summed E-state index contributed by atoms with van der Waals surface area (Å²) in [6.45, 7) is 7.35. The van der Waals surface area contributed by atoms with E-state index in [4.69, 9.17) is 21.3 Å². The summed E-state index contributed by atoms with van der Waals surface area (Å²) in [4.78, 5) is 22.3. The Morgan fingerprint density at radius 1 is 1.17 bits per heavy atom. The van der Waals surface area contributed by atoms with Crippen molar-refractivity contribution in [2.75, 3.05) is 38.2 Å². The maximum atomic E-state index is 13.5. The molecule has 1 heterocycles. The molecule has 0 N–H and O–H groups in total. The maximum Gasteiger partial charge on any atom is 0.263 e. The second-order valence-corrected chi connectivity index (χ2v) is 8.80. The van der Waals surface area contributed by atoms with Crippen molar-refractivity contribution in [1.29, 1.82) is 0 Å². The van der Waals surface area contributed by atoms with Crippen LogP contribution in [0.15, 0.2) is 40.9 Å². The van der Waals surface area contributed by atoms with E-state index in [1.807, 2.05) is 18.2 Å². The number of hydrogen-bond acceptors (Lipinski definition) is 5. The predicted molar refractivity (Wildman–Crippen MR) is 125 cm³/mol. The molecule has 0 saturated carbocycles. The van der Waals surface area contributed by atoms with Gasteiger partial charge in [0.2, 0.25) is 0 Å². The Morgan fingerprint density at radius 2 is 1.93 bits per heavy atom. The van der Waals surface area contributed by atoms with Gasteiger partial charge in [0.15, 0.2) is 5.13 Å². The molecule has 0 spiro atoms. The van der Waals surface area contributed by atoms with Crippen LogP contribution < -0.4 is 9.64 Å². The van der Waals surface area contributed by atoms with E-state index in [1.165, 1.54) is 11.3 Å². The second-order valence-electron chi connectivity index (χ2n) is 6.44. The minimum Gasteiger partial charge on any atom is -0.496 e. The van der Waals surface area contributed by atoms with Crippen LogP contribution in [-0.4, -0.2) is 49.1 Å². The number of aromatic nitrogens is 1. The van der Waals surface area contributed by atoms with Crippen LogP contribution in [0.2, 0.25) is 5.02 Å². The number of amides is 1. The van der Waals surface area contributed by atoms with Gasteiger partial charge in [0.05, 0.1) is 22.9 Å². The van der Waals surface area contributed by atoms with E-state index in [1.54, 1.807) is 30.2 Å². The molecule has 8 heteroatoms. The number of thiazole rings is 1. The molecule has 0 radical (unpaired) electrons. The van der Waals surface area contributed by atoms with Crippen molar-refractivity contribution >= 4 is 60.1 Å². The average Bonchev–Trinajstić information content (AvgIpc) is 3.13. The molecule has 0 fully saturated rings. The molecule has 0 bridgehead atoms. The molecule has 0 atom stereocenters. The van der Waals surface area contributed by atoms with Gasteiger partial charge in [-0.3, -0.25) is 9.69 Å². The number of nitrogens with zero attached hydrogens (tertiary/aromatic N) is 3. The fourth-order valence-electron chi connectivity index (χ4n) is 3.06. The minimum absolute atomic E-state index is 0.172. The highest BCUT2D eigenvalue weighted by atomic mass is 79.9. The van der Waals surface area contributed by atoms with Gasteiger partial charge < -0.3 is 9.64 Å². The third-order valence-electron chi connectivity index (χ3n) is 4.74. The first-order chi connectivity index (χ1) is 14.0. The smallest absolute Gasteiger partial charge is 0.263 e. The summed E-state index contributed by atoms with van der Waals surface area (Å²) < 4.78 is 7.42. The monoisotopic (exact) mass is 495 g/mol. The topological polar surface area (TPSA) is 45.7 Å². The summed E-state index contributed by atoms with van der Waals surface area (Å²) in [5.41, 5.74) is 1.30. The van der Waals surface area contributed by atoms with Crippen LogP contribution in [0.4, 0.5) is 5.13 Å². The Labute approximate surface area is 188 Å².